The van der Waals surface area contributed by atoms with Gasteiger partial charge >= 0.3 is 0 Å². The van der Waals surface area contributed by atoms with Crippen LogP contribution in [0.5, 0.6) is 5.75 Å². The summed E-state index contributed by atoms with van der Waals surface area (Å²) in [5.41, 5.74) is 1.34. The molecule has 18 heavy (non-hydrogen) atoms. The van der Waals surface area contributed by atoms with Gasteiger partial charge in [-0.15, -0.1) is 0 Å². The van der Waals surface area contributed by atoms with Gasteiger partial charge in [0.05, 0.1) is 12.2 Å². The standard InChI is InChI=1S/C13H12F2N2O/c1-8-2-5-13(18)12(17-8)7-16-11-4-3-9(14)6-10(11)15/h2-6,16,18H,7H2,1H3. The number of hydrogen-bond donors (Lipinski definition) is 2. The third-order valence-electron chi connectivity index (χ3n) is 2.47. The predicted molar refractivity (Wildman–Crippen MR) is 64.3 cm³/mol. The molecule has 0 saturated heterocycles. The van der Waals surface area contributed by atoms with E-state index in [1.165, 1.54) is 12.1 Å². The number of nitrogens with zero attached hydrogens (tertiary/aromatic N) is 1. The summed E-state index contributed by atoms with van der Waals surface area (Å²) in [6.45, 7) is 1.96. The summed E-state index contributed by atoms with van der Waals surface area (Å²) in [5.74, 6) is -1.27. The molecule has 1 heterocycles. The van der Waals surface area contributed by atoms with Crippen LogP contribution in [0.15, 0.2) is 30.3 Å². The van der Waals surface area contributed by atoms with Crippen LogP contribution in [-0.2, 0) is 6.54 Å². The minimum Gasteiger partial charge on any atom is -0.506 e. The third-order valence-corrected chi connectivity index (χ3v) is 2.47. The third kappa shape index (κ3) is 2.74. The van der Waals surface area contributed by atoms with Crippen LogP contribution in [0.1, 0.15) is 11.4 Å². The van der Waals surface area contributed by atoms with Crippen molar-refractivity contribution in [1.29, 1.82) is 0 Å². The van der Waals surface area contributed by atoms with Gasteiger partial charge in [0, 0.05) is 11.8 Å². The molecule has 3 nitrogen and oxygen atoms in total. The Bertz CT molecular complexity index is 573. The van der Waals surface area contributed by atoms with Gasteiger partial charge in [0.2, 0.25) is 0 Å². The lowest BCUT2D eigenvalue weighted by atomic mass is 10.2. The van der Waals surface area contributed by atoms with Crippen LogP contribution in [0, 0.1) is 18.6 Å². The molecular formula is C13H12F2N2O. The summed E-state index contributed by atoms with van der Waals surface area (Å²) in [6.07, 6.45) is 0. The first-order valence-corrected chi connectivity index (χ1v) is 5.40. The van der Waals surface area contributed by atoms with Crippen LogP contribution in [0.2, 0.25) is 0 Å². The molecule has 0 unspecified atom stereocenters. The summed E-state index contributed by atoms with van der Waals surface area (Å²) in [7, 11) is 0. The number of halogens is 2. The Balaban J connectivity index is 2.13. The van der Waals surface area contributed by atoms with E-state index in [9.17, 15) is 13.9 Å². The molecule has 0 fully saturated rings. The van der Waals surface area contributed by atoms with E-state index in [1.807, 2.05) is 0 Å². The fourth-order valence-corrected chi connectivity index (χ4v) is 1.55. The van der Waals surface area contributed by atoms with Crippen LogP contribution in [0.25, 0.3) is 0 Å². The van der Waals surface area contributed by atoms with Gasteiger partial charge in [-0.2, -0.15) is 0 Å². The van der Waals surface area contributed by atoms with Crippen molar-refractivity contribution in [2.45, 2.75) is 13.5 Å². The van der Waals surface area contributed by atoms with Gasteiger partial charge in [-0.3, -0.25) is 4.98 Å². The van der Waals surface area contributed by atoms with Crippen LogP contribution >= 0.6 is 0 Å². The molecule has 2 N–H and O–H groups in total. The van der Waals surface area contributed by atoms with Gasteiger partial charge in [-0.1, -0.05) is 0 Å². The van der Waals surface area contributed by atoms with Crippen molar-refractivity contribution in [1.82, 2.24) is 4.98 Å². The van der Waals surface area contributed by atoms with Crippen molar-refractivity contribution < 1.29 is 13.9 Å². The maximum absolute atomic E-state index is 13.3. The van der Waals surface area contributed by atoms with Crippen LogP contribution in [-0.4, -0.2) is 10.1 Å². The van der Waals surface area contributed by atoms with Gasteiger partial charge in [-0.05, 0) is 31.2 Å². The molecule has 5 heteroatoms. The molecule has 0 aliphatic carbocycles. The topological polar surface area (TPSA) is 45.1 Å². The Morgan fingerprint density at radius 3 is 2.72 bits per heavy atom. The highest BCUT2D eigenvalue weighted by molar-refractivity contribution is 5.45. The first kappa shape index (κ1) is 12.3. The van der Waals surface area contributed by atoms with Crippen LogP contribution < -0.4 is 5.32 Å². The lowest BCUT2D eigenvalue weighted by molar-refractivity contribution is 0.464. The van der Waals surface area contributed by atoms with E-state index in [2.05, 4.69) is 10.3 Å². The summed E-state index contributed by atoms with van der Waals surface area (Å²) in [6, 6.07) is 6.47. The first-order valence-electron chi connectivity index (χ1n) is 5.40. The second-order valence-electron chi connectivity index (χ2n) is 3.90. The largest absolute Gasteiger partial charge is 0.506 e. The minimum atomic E-state index is -0.679. The zero-order chi connectivity index (χ0) is 13.1. The minimum absolute atomic E-state index is 0.0376. The van der Waals surface area contributed by atoms with Crippen LogP contribution in [0.4, 0.5) is 14.5 Å². The fraction of sp³-hybridized carbons (Fsp3) is 0.154. The molecular weight excluding hydrogens is 238 g/mol. The smallest absolute Gasteiger partial charge is 0.149 e. The van der Waals surface area contributed by atoms with E-state index >= 15 is 0 Å². The molecule has 0 aliphatic rings. The maximum Gasteiger partial charge on any atom is 0.149 e. The predicted octanol–water partition coefficient (Wildman–Crippen LogP) is 2.99. The highest BCUT2D eigenvalue weighted by atomic mass is 19.1. The number of benzene rings is 1. The number of anilines is 1. The molecule has 0 amide bonds. The highest BCUT2D eigenvalue weighted by Gasteiger charge is 2.06. The van der Waals surface area contributed by atoms with Gasteiger partial charge in [-0.25, -0.2) is 8.78 Å². The van der Waals surface area contributed by atoms with Crippen molar-refractivity contribution >= 4 is 5.69 Å². The van der Waals surface area contributed by atoms with Gasteiger partial charge in [0.25, 0.3) is 0 Å². The summed E-state index contributed by atoms with van der Waals surface area (Å²) >= 11 is 0. The second-order valence-corrected chi connectivity index (χ2v) is 3.90. The average Bonchev–Trinajstić information content (AvgIpc) is 2.32. The first-order chi connectivity index (χ1) is 8.56. The van der Waals surface area contributed by atoms with E-state index in [4.69, 9.17) is 0 Å². The molecule has 94 valence electrons. The molecule has 0 aliphatic heterocycles. The second kappa shape index (κ2) is 5.00. The van der Waals surface area contributed by atoms with Crippen molar-refractivity contribution in [3.8, 4) is 5.75 Å². The van der Waals surface area contributed by atoms with Gasteiger partial charge in [0.15, 0.2) is 0 Å². The average molecular weight is 250 g/mol. The quantitative estimate of drug-likeness (QED) is 0.880. The zero-order valence-corrected chi connectivity index (χ0v) is 9.74. The maximum atomic E-state index is 13.3. The van der Waals surface area contributed by atoms with Gasteiger partial charge < -0.3 is 10.4 Å². The molecule has 0 atom stereocenters. The SMILES string of the molecule is Cc1ccc(O)c(CNc2ccc(F)cc2F)n1. The molecule has 2 rings (SSSR count). The Labute approximate surface area is 103 Å². The van der Waals surface area contributed by atoms with Crippen LogP contribution in [0.3, 0.4) is 0 Å². The van der Waals surface area contributed by atoms with Crippen molar-refractivity contribution in [3.63, 3.8) is 0 Å². The van der Waals surface area contributed by atoms with Crippen molar-refractivity contribution in [3.05, 3.63) is 53.4 Å². The van der Waals surface area contributed by atoms with E-state index in [1.54, 1.807) is 13.0 Å². The van der Waals surface area contributed by atoms with Gasteiger partial charge in [0.1, 0.15) is 23.1 Å². The number of aromatic hydroxyl groups is 1. The number of rotatable bonds is 3. The molecule has 1 aromatic carbocycles. The Morgan fingerprint density at radius 2 is 2.00 bits per heavy atom. The molecule has 2 aromatic rings. The highest BCUT2D eigenvalue weighted by Crippen LogP contribution is 2.19. The van der Waals surface area contributed by atoms with E-state index in [-0.39, 0.29) is 18.0 Å². The van der Waals surface area contributed by atoms with E-state index in [0.717, 1.165) is 17.8 Å². The summed E-state index contributed by atoms with van der Waals surface area (Å²) in [4.78, 5) is 4.13. The number of aromatic nitrogens is 1. The fourth-order valence-electron chi connectivity index (χ4n) is 1.55. The monoisotopic (exact) mass is 250 g/mol. The lowest BCUT2D eigenvalue weighted by Gasteiger charge is -2.09. The number of pyridine rings is 1. The lowest BCUT2D eigenvalue weighted by Crippen LogP contribution is -2.04. The molecule has 0 spiro atoms. The zero-order valence-electron chi connectivity index (χ0n) is 9.74. The number of aryl methyl sites for hydroxylation is 1. The number of hydrogen-bond acceptors (Lipinski definition) is 3. The van der Waals surface area contributed by atoms with Crippen molar-refractivity contribution in [2.75, 3.05) is 5.32 Å². The Hall–Kier alpha value is -2.17. The van der Waals surface area contributed by atoms with E-state index in [0.29, 0.717) is 5.69 Å². The number of nitrogens with one attached hydrogen (secondary N) is 1. The van der Waals surface area contributed by atoms with E-state index < -0.39 is 11.6 Å². The molecule has 1 aromatic heterocycles. The molecule has 0 bridgehead atoms. The normalized spacial score (nSPS) is 10.4. The Morgan fingerprint density at radius 1 is 1.22 bits per heavy atom. The Kier molecular flexibility index (Phi) is 3.41. The molecule has 0 radical (unpaired) electrons. The summed E-state index contributed by atoms with van der Waals surface area (Å²) < 4.78 is 26.1. The van der Waals surface area contributed by atoms with Crippen molar-refractivity contribution in [2.24, 2.45) is 0 Å². The summed E-state index contributed by atoms with van der Waals surface area (Å²) in [5, 5.41) is 12.3. The molecule has 0 saturated carbocycles.